The largest absolute Gasteiger partial charge is 0.386 e. The Kier molecular flexibility index (Phi) is 3.23. The Morgan fingerprint density at radius 3 is 2.21 bits per heavy atom. The lowest BCUT2D eigenvalue weighted by Crippen LogP contribution is -2.15. The standard InChI is InChI=1S/C12H17ClO/c1-8(2)9-5-10(12(3,4)14)7-11(13)6-9/h5-8,14H,1-4H3. The van der Waals surface area contributed by atoms with Crippen LogP contribution in [0.4, 0.5) is 0 Å². The molecule has 0 amide bonds. The van der Waals surface area contributed by atoms with E-state index in [2.05, 4.69) is 13.8 Å². The van der Waals surface area contributed by atoms with E-state index in [1.807, 2.05) is 18.2 Å². The molecule has 1 nitrogen and oxygen atoms in total. The predicted molar refractivity (Wildman–Crippen MR) is 60.8 cm³/mol. The summed E-state index contributed by atoms with van der Waals surface area (Å²) >= 11 is 5.99. The van der Waals surface area contributed by atoms with Gasteiger partial charge in [0.1, 0.15) is 0 Å². The lowest BCUT2D eigenvalue weighted by atomic mass is 9.93. The minimum Gasteiger partial charge on any atom is -0.386 e. The summed E-state index contributed by atoms with van der Waals surface area (Å²) < 4.78 is 0. The third kappa shape index (κ3) is 2.73. The lowest BCUT2D eigenvalue weighted by molar-refractivity contribution is 0.0785. The Morgan fingerprint density at radius 1 is 1.21 bits per heavy atom. The Labute approximate surface area is 90.7 Å². The zero-order valence-electron chi connectivity index (χ0n) is 9.13. The van der Waals surface area contributed by atoms with Crippen molar-refractivity contribution in [2.75, 3.05) is 0 Å². The molecule has 1 N–H and O–H groups in total. The first-order valence-electron chi connectivity index (χ1n) is 4.84. The summed E-state index contributed by atoms with van der Waals surface area (Å²) in [5.74, 6) is 0.426. The maximum atomic E-state index is 9.86. The van der Waals surface area contributed by atoms with Gasteiger partial charge in [-0.15, -0.1) is 0 Å². The molecule has 78 valence electrons. The van der Waals surface area contributed by atoms with Gasteiger partial charge in [-0.2, -0.15) is 0 Å². The number of aliphatic hydroxyl groups is 1. The van der Waals surface area contributed by atoms with Crippen LogP contribution in [-0.4, -0.2) is 5.11 Å². The van der Waals surface area contributed by atoms with Gasteiger partial charge in [0.2, 0.25) is 0 Å². The predicted octanol–water partition coefficient (Wildman–Crippen LogP) is 3.69. The van der Waals surface area contributed by atoms with Gasteiger partial charge in [-0.05, 0) is 43.0 Å². The van der Waals surface area contributed by atoms with Gasteiger partial charge in [-0.1, -0.05) is 31.5 Å². The van der Waals surface area contributed by atoms with Gasteiger partial charge in [-0.25, -0.2) is 0 Å². The van der Waals surface area contributed by atoms with E-state index in [4.69, 9.17) is 11.6 Å². The van der Waals surface area contributed by atoms with Crippen molar-refractivity contribution < 1.29 is 5.11 Å². The Morgan fingerprint density at radius 2 is 1.79 bits per heavy atom. The molecule has 0 aliphatic carbocycles. The van der Waals surface area contributed by atoms with E-state index in [-0.39, 0.29) is 0 Å². The van der Waals surface area contributed by atoms with E-state index >= 15 is 0 Å². The highest BCUT2D eigenvalue weighted by atomic mass is 35.5. The van der Waals surface area contributed by atoms with Crippen LogP contribution in [-0.2, 0) is 5.60 Å². The summed E-state index contributed by atoms with van der Waals surface area (Å²) in [6, 6.07) is 5.77. The van der Waals surface area contributed by atoms with E-state index in [1.165, 1.54) is 0 Å². The number of hydrogen-bond acceptors (Lipinski definition) is 1. The first-order valence-corrected chi connectivity index (χ1v) is 5.22. The number of rotatable bonds is 2. The molecular weight excluding hydrogens is 196 g/mol. The molecule has 0 atom stereocenters. The van der Waals surface area contributed by atoms with Crippen LogP contribution < -0.4 is 0 Å². The third-order valence-corrected chi connectivity index (χ3v) is 2.51. The van der Waals surface area contributed by atoms with Crippen LogP contribution in [0.5, 0.6) is 0 Å². The molecule has 0 saturated heterocycles. The highest BCUT2D eigenvalue weighted by molar-refractivity contribution is 6.30. The lowest BCUT2D eigenvalue weighted by Gasteiger charge is -2.20. The zero-order valence-corrected chi connectivity index (χ0v) is 9.89. The highest BCUT2D eigenvalue weighted by Gasteiger charge is 2.17. The first-order chi connectivity index (χ1) is 6.30. The molecule has 0 bridgehead atoms. The van der Waals surface area contributed by atoms with Crippen molar-refractivity contribution in [2.24, 2.45) is 0 Å². The van der Waals surface area contributed by atoms with E-state index in [0.29, 0.717) is 10.9 Å². The van der Waals surface area contributed by atoms with Crippen molar-refractivity contribution in [2.45, 2.75) is 39.2 Å². The summed E-state index contributed by atoms with van der Waals surface area (Å²) in [7, 11) is 0. The first kappa shape index (κ1) is 11.5. The van der Waals surface area contributed by atoms with Gasteiger partial charge in [0.15, 0.2) is 0 Å². The average Bonchev–Trinajstić information content (AvgIpc) is 2.01. The molecule has 0 radical (unpaired) electrons. The van der Waals surface area contributed by atoms with Crippen molar-refractivity contribution >= 4 is 11.6 Å². The Balaban J connectivity index is 3.21. The van der Waals surface area contributed by atoms with E-state index in [0.717, 1.165) is 11.1 Å². The van der Waals surface area contributed by atoms with Crippen LogP contribution in [0.1, 0.15) is 44.7 Å². The molecule has 2 heteroatoms. The van der Waals surface area contributed by atoms with E-state index < -0.39 is 5.60 Å². The summed E-state index contributed by atoms with van der Waals surface area (Å²) in [5, 5.41) is 10.5. The maximum absolute atomic E-state index is 9.86. The molecule has 0 fully saturated rings. The molecule has 14 heavy (non-hydrogen) atoms. The summed E-state index contributed by atoms with van der Waals surface area (Å²) in [4.78, 5) is 0. The molecular formula is C12H17ClO. The highest BCUT2D eigenvalue weighted by Crippen LogP contribution is 2.27. The fourth-order valence-corrected chi connectivity index (χ4v) is 1.54. The van der Waals surface area contributed by atoms with Crippen LogP contribution >= 0.6 is 11.6 Å². The second kappa shape index (κ2) is 3.92. The molecule has 0 aromatic heterocycles. The van der Waals surface area contributed by atoms with Gasteiger partial charge in [0.25, 0.3) is 0 Å². The summed E-state index contributed by atoms with van der Waals surface area (Å²) in [6.07, 6.45) is 0. The average molecular weight is 213 g/mol. The van der Waals surface area contributed by atoms with Gasteiger partial charge in [-0.3, -0.25) is 0 Å². The molecule has 1 aromatic rings. The van der Waals surface area contributed by atoms with Crippen molar-refractivity contribution in [1.82, 2.24) is 0 Å². The summed E-state index contributed by atoms with van der Waals surface area (Å²) in [6.45, 7) is 7.76. The van der Waals surface area contributed by atoms with Crippen molar-refractivity contribution in [3.05, 3.63) is 34.3 Å². The Hall–Kier alpha value is -0.530. The third-order valence-electron chi connectivity index (χ3n) is 2.29. The van der Waals surface area contributed by atoms with Crippen molar-refractivity contribution in [1.29, 1.82) is 0 Å². The van der Waals surface area contributed by atoms with E-state index in [9.17, 15) is 5.11 Å². The molecule has 0 saturated carbocycles. The number of benzene rings is 1. The van der Waals surface area contributed by atoms with Crippen LogP contribution in [0.2, 0.25) is 5.02 Å². The normalized spacial score (nSPS) is 12.2. The fourth-order valence-electron chi connectivity index (χ4n) is 1.30. The smallest absolute Gasteiger partial charge is 0.0841 e. The van der Waals surface area contributed by atoms with Crippen molar-refractivity contribution in [3.8, 4) is 0 Å². The molecule has 0 aliphatic rings. The topological polar surface area (TPSA) is 20.2 Å². The van der Waals surface area contributed by atoms with Crippen LogP contribution in [0, 0.1) is 0 Å². The van der Waals surface area contributed by atoms with Gasteiger partial charge < -0.3 is 5.11 Å². The molecule has 1 aromatic carbocycles. The minimum atomic E-state index is -0.825. The zero-order chi connectivity index (χ0) is 10.9. The molecule has 1 rings (SSSR count). The number of halogens is 1. The van der Waals surface area contributed by atoms with Crippen LogP contribution in [0.15, 0.2) is 18.2 Å². The second-order valence-corrected chi connectivity index (χ2v) is 4.92. The van der Waals surface area contributed by atoms with Gasteiger partial charge >= 0.3 is 0 Å². The minimum absolute atomic E-state index is 0.426. The van der Waals surface area contributed by atoms with E-state index in [1.54, 1.807) is 13.8 Å². The molecule has 0 heterocycles. The van der Waals surface area contributed by atoms with Gasteiger partial charge in [0, 0.05) is 5.02 Å². The van der Waals surface area contributed by atoms with Crippen LogP contribution in [0.25, 0.3) is 0 Å². The SMILES string of the molecule is CC(C)c1cc(Cl)cc(C(C)(C)O)c1. The second-order valence-electron chi connectivity index (χ2n) is 4.49. The van der Waals surface area contributed by atoms with Gasteiger partial charge in [0.05, 0.1) is 5.60 Å². The van der Waals surface area contributed by atoms with Crippen LogP contribution in [0.3, 0.4) is 0 Å². The molecule has 0 spiro atoms. The quantitative estimate of drug-likeness (QED) is 0.793. The summed E-state index contributed by atoms with van der Waals surface area (Å²) in [5.41, 5.74) is 1.21. The monoisotopic (exact) mass is 212 g/mol. The fraction of sp³-hybridized carbons (Fsp3) is 0.500. The molecule has 0 aliphatic heterocycles. The maximum Gasteiger partial charge on any atom is 0.0841 e. The Bertz CT molecular complexity index is 324. The number of hydrogen-bond donors (Lipinski definition) is 1. The molecule has 0 unspecified atom stereocenters. The van der Waals surface area contributed by atoms with Crippen molar-refractivity contribution in [3.63, 3.8) is 0 Å².